The van der Waals surface area contributed by atoms with Gasteiger partial charge in [-0.15, -0.1) is 0 Å². The third-order valence-corrected chi connectivity index (χ3v) is 4.26. The summed E-state index contributed by atoms with van der Waals surface area (Å²) in [6.07, 6.45) is 4.10. The van der Waals surface area contributed by atoms with E-state index in [4.69, 9.17) is 9.47 Å². The maximum absolute atomic E-state index is 12.2. The van der Waals surface area contributed by atoms with Crippen LogP contribution in [-0.2, 0) is 22.6 Å². The fourth-order valence-electron chi connectivity index (χ4n) is 3.06. The van der Waals surface area contributed by atoms with Crippen LogP contribution in [0.1, 0.15) is 47.2 Å². The van der Waals surface area contributed by atoms with Crippen molar-refractivity contribution in [3.05, 3.63) is 34.9 Å². The van der Waals surface area contributed by atoms with Crippen molar-refractivity contribution in [1.82, 2.24) is 5.32 Å². The van der Waals surface area contributed by atoms with Gasteiger partial charge in [-0.1, -0.05) is 6.07 Å². The highest BCUT2D eigenvalue weighted by molar-refractivity contribution is 5.89. The molecule has 0 saturated heterocycles. The fraction of sp³-hybridized carbons (Fsp3) is 0.562. The molecular formula is C16H21NO3. The molecule has 0 amide bonds. The van der Waals surface area contributed by atoms with E-state index >= 15 is 0 Å². The third kappa shape index (κ3) is 2.86. The lowest BCUT2D eigenvalue weighted by atomic mass is 9.95. The molecule has 0 bridgehead atoms. The molecule has 1 saturated carbocycles. The zero-order valence-corrected chi connectivity index (χ0v) is 11.9. The average molecular weight is 275 g/mol. The number of ether oxygens (including phenoxy) is 2. The summed E-state index contributed by atoms with van der Waals surface area (Å²) in [7, 11) is 1.72. The predicted octanol–water partition coefficient (Wildman–Crippen LogP) is 2.40. The molecule has 0 radical (unpaired) electrons. The van der Waals surface area contributed by atoms with Crippen molar-refractivity contribution in [3.8, 4) is 0 Å². The third-order valence-electron chi connectivity index (χ3n) is 4.26. The van der Waals surface area contributed by atoms with Gasteiger partial charge in [-0.3, -0.25) is 0 Å². The first kappa shape index (κ1) is 13.6. The summed E-state index contributed by atoms with van der Waals surface area (Å²) in [4.78, 5) is 12.2. The molecule has 1 aromatic carbocycles. The topological polar surface area (TPSA) is 47.6 Å². The molecule has 2 atom stereocenters. The zero-order valence-electron chi connectivity index (χ0n) is 11.9. The number of carbonyl (C=O) groups excluding carboxylic acids is 1. The van der Waals surface area contributed by atoms with E-state index in [9.17, 15) is 4.79 Å². The van der Waals surface area contributed by atoms with Crippen LogP contribution in [0.3, 0.4) is 0 Å². The van der Waals surface area contributed by atoms with Crippen LogP contribution in [0.4, 0.5) is 0 Å². The smallest absolute Gasteiger partial charge is 0.338 e. The molecule has 20 heavy (non-hydrogen) atoms. The van der Waals surface area contributed by atoms with E-state index in [1.807, 2.05) is 18.2 Å². The molecule has 4 nitrogen and oxygen atoms in total. The van der Waals surface area contributed by atoms with Gasteiger partial charge in [0.05, 0.1) is 11.7 Å². The van der Waals surface area contributed by atoms with Gasteiger partial charge >= 0.3 is 5.97 Å². The van der Waals surface area contributed by atoms with Gasteiger partial charge in [-0.2, -0.15) is 0 Å². The molecule has 108 valence electrons. The van der Waals surface area contributed by atoms with Gasteiger partial charge in [0.1, 0.15) is 6.10 Å². The molecule has 4 heteroatoms. The summed E-state index contributed by atoms with van der Waals surface area (Å²) < 4.78 is 11.0. The summed E-state index contributed by atoms with van der Waals surface area (Å²) in [5.41, 5.74) is 3.14. The minimum atomic E-state index is -0.207. The second-order valence-electron chi connectivity index (χ2n) is 5.64. The molecule has 0 spiro atoms. The van der Waals surface area contributed by atoms with E-state index in [0.29, 0.717) is 5.56 Å². The Balaban J connectivity index is 1.64. The monoisotopic (exact) mass is 275 g/mol. The molecule has 1 heterocycles. The summed E-state index contributed by atoms with van der Waals surface area (Å²) in [5, 5.41) is 3.28. The van der Waals surface area contributed by atoms with E-state index in [-0.39, 0.29) is 18.2 Å². The lowest BCUT2D eigenvalue weighted by Gasteiger charge is -2.27. The Hall–Kier alpha value is -1.39. The second kappa shape index (κ2) is 5.94. The van der Waals surface area contributed by atoms with Gasteiger partial charge in [0.25, 0.3) is 0 Å². The van der Waals surface area contributed by atoms with Crippen LogP contribution in [0.2, 0.25) is 0 Å². The van der Waals surface area contributed by atoms with Crippen LogP contribution in [0.25, 0.3) is 0 Å². The van der Waals surface area contributed by atoms with Crippen molar-refractivity contribution in [3.63, 3.8) is 0 Å². The van der Waals surface area contributed by atoms with Crippen LogP contribution in [0.15, 0.2) is 18.2 Å². The van der Waals surface area contributed by atoms with Crippen LogP contribution < -0.4 is 5.32 Å². The molecule has 2 unspecified atom stereocenters. The van der Waals surface area contributed by atoms with Crippen molar-refractivity contribution < 1.29 is 14.3 Å². The number of fused-ring (bicyclic) bond motifs is 1. The largest absolute Gasteiger partial charge is 0.459 e. The number of esters is 1. The summed E-state index contributed by atoms with van der Waals surface area (Å²) >= 11 is 0. The van der Waals surface area contributed by atoms with Gasteiger partial charge in [0.2, 0.25) is 0 Å². The molecule has 1 N–H and O–H groups in total. The van der Waals surface area contributed by atoms with Crippen molar-refractivity contribution in [1.29, 1.82) is 0 Å². The minimum absolute atomic E-state index is 0.00687. The van der Waals surface area contributed by atoms with Crippen molar-refractivity contribution in [2.45, 2.75) is 51.0 Å². The molecule has 1 aliphatic carbocycles. The first-order valence-electron chi connectivity index (χ1n) is 7.32. The molecular weight excluding hydrogens is 254 g/mol. The van der Waals surface area contributed by atoms with Crippen molar-refractivity contribution >= 4 is 5.97 Å². The predicted molar refractivity (Wildman–Crippen MR) is 75.5 cm³/mol. The number of carbonyl (C=O) groups is 1. The Labute approximate surface area is 119 Å². The average Bonchev–Trinajstić information content (AvgIpc) is 2.94. The van der Waals surface area contributed by atoms with E-state index in [2.05, 4.69) is 5.32 Å². The summed E-state index contributed by atoms with van der Waals surface area (Å²) in [6, 6.07) is 5.84. The maximum atomic E-state index is 12.2. The van der Waals surface area contributed by atoms with Gasteiger partial charge in [-0.25, -0.2) is 4.79 Å². The van der Waals surface area contributed by atoms with Crippen molar-refractivity contribution in [2.75, 3.05) is 7.11 Å². The molecule has 1 aromatic rings. The fourth-order valence-corrected chi connectivity index (χ4v) is 3.06. The van der Waals surface area contributed by atoms with Crippen LogP contribution in [-0.4, -0.2) is 25.3 Å². The Bertz CT molecular complexity index is 500. The molecule has 1 fully saturated rings. The van der Waals surface area contributed by atoms with Crippen LogP contribution >= 0.6 is 0 Å². The van der Waals surface area contributed by atoms with E-state index in [1.165, 1.54) is 11.1 Å². The first-order valence-corrected chi connectivity index (χ1v) is 7.32. The van der Waals surface area contributed by atoms with Gasteiger partial charge in [0.15, 0.2) is 0 Å². The SMILES string of the molecule is COC1CCCC(OC(=O)c2ccc3c(c2)CNC3)C1. The van der Waals surface area contributed by atoms with E-state index in [1.54, 1.807) is 7.11 Å². The summed E-state index contributed by atoms with van der Waals surface area (Å²) in [5.74, 6) is -0.207. The van der Waals surface area contributed by atoms with E-state index < -0.39 is 0 Å². The Morgan fingerprint density at radius 1 is 1.20 bits per heavy atom. The van der Waals surface area contributed by atoms with Crippen molar-refractivity contribution in [2.24, 2.45) is 0 Å². The molecule has 3 rings (SSSR count). The number of hydrogen-bond acceptors (Lipinski definition) is 4. The Morgan fingerprint density at radius 2 is 2.00 bits per heavy atom. The molecule has 1 aliphatic heterocycles. The minimum Gasteiger partial charge on any atom is -0.459 e. The lowest BCUT2D eigenvalue weighted by Crippen LogP contribution is -2.29. The summed E-state index contributed by atoms with van der Waals surface area (Å²) in [6.45, 7) is 1.73. The van der Waals surface area contributed by atoms with Crippen LogP contribution in [0, 0.1) is 0 Å². The Morgan fingerprint density at radius 3 is 2.85 bits per heavy atom. The highest BCUT2D eigenvalue weighted by atomic mass is 16.5. The number of hydrogen-bond donors (Lipinski definition) is 1. The highest BCUT2D eigenvalue weighted by Crippen LogP contribution is 2.24. The van der Waals surface area contributed by atoms with E-state index in [0.717, 1.165) is 38.8 Å². The number of nitrogens with one attached hydrogen (secondary N) is 1. The molecule has 0 aromatic heterocycles. The second-order valence-corrected chi connectivity index (χ2v) is 5.64. The standard InChI is InChI=1S/C16H21NO3/c1-19-14-3-2-4-15(8-14)20-16(18)11-5-6-12-9-17-10-13(12)7-11/h5-7,14-15,17H,2-4,8-10H2,1H3. The normalized spacial score (nSPS) is 25.2. The first-order chi connectivity index (χ1) is 9.76. The lowest BCUT2D eigenvalue weighted by molar-refractivity contribution is -0.0149. The number of methoxy groups -OCH3 is 1. The molecule has 2 aliphatic rings. The highest BCUT2D eigenvalue weighted by Gasteiger charge is 2.25. The van der Waals surface area contributed by atoms with Crippen LogP contribution in [0.5, 0.6) is 0 Å². The quantitative estimate of drug-likeness (QED) is 0.861. The van der Waals surface area contributed by atoms with Gasteiger partial charge in [0, 0.05) is 26.6 Å². The zero-order chi connectivity index (χ0) is 13.9. The van der Waals surface area contributed by atoms with Gasteiger partial charge < -0.3 is 14.8 Å². The number of rotatable bonds is 3. The Kier molecular flexibility index (Phi) is 4.03. The maximum Gasteiger partial charge on any atom is 0.338 e. The van der Waals surface area contributed by atoms with Gasteiger partial charge in [-0.05, 0) is 42.5 Å². The number of benzene rings is 1.